The Morgan fingerprint density at radius 3 is 2.44 bits per heavy atom. The first-order chi connectivity index (χ1) is 17.5. The molecule has 1 aromatic heterocycles. The van der Waals surface area contributed by atoms with Crippen LogP contribution in [0.3, 0.4) is 0 Å². The molecular formula is C29H33N2O4S-. The van der Waals surface area contributed by atoms with Gasteiger partial charge in [0, 0.05) is 10.6 Å². The van der Waals surface area contributed by atoms with Gasteiger partial charge in [-0.2, -0.15) is 0 Å². The van der Waals surface area contributed by atoms with Crippen LogP contribution < -0.4 is 15.6 Å². The van der Waals surface area contributed by atoms with Gasteiger partial charge in [0.15, 0.2) is 0 Å². The van der Waals surface area contributed by atoms with Crippen LogP contribution in [0.5, 0.6) is 5.75 Å². The minimum absolute atomic E-state index is 0.181. The average molecular weight is 506 g/mol. The van der Waals surface area contributed by atoms with E-state index in [1.807, 2.05) is 6.07 Å². The number of hydrogen-bond acceptors (Lipinski definition) is 6. The molecule has 36 heavy (non-hydrogen) atoms. The van der Waals surface area contributed by atoms with Crippen molar-refractivity contribution in [2.24, 2.45) is 0 Å². The van der Waals surface area contributed by atoms with Gasteiger partial charge in [0.25, 0.3) is 0 Å². The Hall–Kier alpha value is -3.45. The summed E-state index contributed by atoms with van der Waals surface area (Å²) in [4.78, 5) is 16.0. The van der Waals surface area contributed by atoms with Gasteiger partial charge in [-0.15, -0.1) is 0 Å². The number of carboxylic acids is 1. The van der Waals surface area contributed by atoms with Crippen LogP contribution in [0.15, 0.2) is 77.7 Å². The average Bonchev–Trinajstić information content (AvgIpc) is 2.88. The first-order valence-corrected chi connectivity index (χ1v) is 13.6. The second kappa shape index (κ2) is 14.8. The van der Waals surface area contributed by atoms with Crippen molar-refractivity contribution in [2.75, 3.05) is 12.3 Å². The first-order valence-electron chi connectivity index (χ1n) is 12.3. The van der Waals surface area contributed by atoms with Crippen molar-refractivity contribution < 1.29 is 18.8 Å². The van der Waals surface area contributed by atoms with E-state index in [1.54, 1.807) is 36.4 Å². The Balaban J connectivity index is 1.45. The zero-order valence-corrected chi connectivity index (χ0v) is 21.3. The normalized spacial score (nSPS) is 12.0. The number of unbranched alkanes of at least 4 members (excludes halogenated alkanes) is 5. The standard InChI is InChI=1S/C29H34N2O4S/c30-24-14-10-15-26(21-24)36(34)22-25-16-18-28(27(31-25)17-19-29(32)33)35-20-9-4-2-1-3-6-11-23-12-7-5-8-13-23/h5,7-8,10,12-19,21H,1-4,6,9,11,20,22,30H2,(H,32,33)/p-1/b19-17+. The SMILES string of the molecule is Nc1cccc(S(=O)Cc2ccc(OCCCCCCCCc3ccccc3)c(/C=C/C(=O)[O-])n2)c1. The second-order valence-corrected chi connectivity index (χ2v) is 10.1. The number of ether oxygens (including phenoxy) is 1. The van der Waals surface area contributed by atoms with E-state index in [0.29, 0.717) is 34.3 Å². The highest BCUT2D eigenvalue weighted by Gasteiger charge is 2.10. The largest absolute Gasteiger partial charge is 0.545 e. The van der Waals surface area contributed by atoms with Gasteiger partial charge in [-0.1, -0.05) is 62.1 Å². The number of pyridine rings is 1. The summed E-state index contributed by atoms with van der Waals surface area (Å²) in [7, 11) is -1.33. The molecule has 0 amide bonds. The van der Waals surface area contributed by atoms with Gasteiger partial charge in [-0.05, 0) is 67.3 Å². The number of carbonyl (C=O) groups excluding carboxylic acids is 1. The monoisotopic (exact) mass is 505 g/mol. The van der Waals surface area contributed by atoms with Gasteiger partial charge in [0.1, 0.15) is 11.4 Å². The molecule has 6 nitrogen and oxygen atoms in total. The minimum Gasteiger partial charge on any atom is -0.545 e. The number of aryl methyl sites for hydroxylation is 1. The number of anilines is 1. The zero-order valence-electron chi connectivity index (χ0n) is 20.4. The van der Waals surface area contributed by atoms with Crippen LogP contribution in [-0.2, 0) is 27.8 Å². The third kappa shape index (κ3) is 9.66. The van der Waals surface area contributed by atoms with Crippen LogP contribution >= 0.6 is 0 Å². The molecule has 7 heteroatoms. The fourth-order valence-electron chi connectivity index (χ4n) is 3.81. The second-order valence-electron chi connectivity index (χ2n) is 8.61. The van der Waals surface area contributed by atoms with Crippen molar-refractivity contribution in [3.63, 3.8) is 0 Å². The van der Waals surface area contributed by atoms with Crippen LogP contribution in [-0.4, -0.2) is 21.8 Å². The van der Waals surface area contributed by atoms with Crippen molar-refractivity contribution >= 4 is 28.5 Å². The van der Waals surface area contributed by atoms with E-state index in [1.165, 1.54) is 30.9 Å². The molecule has 3 aromatic rings. The molecule has 1 atom stereocenters. The quantitative estimate of drug-likeness (QED) is 0.182. The maximum atomic E-state index is 12.7. The molecule has 3 rings (SSSR count). The molecule has 190 valence electrons. The van der Waals surface area contributed by atoms with E-state index >= 15 is 0 Å². The lowest BCUT2D eigenvalue weighted by Gasteiger charge is -2.11. The maximum absolute atomic E-state index is 12.7. The zero-order chi connectivity index (χ0) is 25.6. The minimum atomic E-state index is -1.33. The Bertz CT molecular complexity index is 1160. The number of hydrogen-bond donors (Lipinski definition) is 1. The van der Waals surface area contributed by atoms with Crippen LogP contribution in [0, 0.1) is 0 Å². The summed E-state index contributed by atoms with van der Waals surface area (Å²) < 4.78 is 18.6. The van der Waals surface area contributed by atoms with Crippen LogP contribution in [0.1, 0.15) is 55.5 Å². The summed E-state index contributed by atoms with van der Waals surface area (Å²) in [5.74, 6) is -0.641. The molecule has 0 aliphatic heterocycles. The van der Waals surface area contributed by atoms with Crippen LogP contribution in [0.2, 0.25) is 0 Å². The number of rotatable bonds is 15. The third-order valence-corrected chi connectivity index (χ3v) is 7.02. The molecule has 0 radical (unpaired) electrons. The van der Waals surface area contributed by atoms with Crippen molar-refractivity contribution in [3.8, 4) is 5.75 Å². The van der Waals surface area contributed by atoms with Crippen molar-refractivity contribution in [3.05, 3.63) is 89.8 Å². The van der Waals surface area contributed by atoms with Gasteiger partial charge >= 0.3 is 0 Å². The summed E-state index contributed by atoms with van der Waals surface area (Å²) in [6.07, 6.45) is 10.2. The predicted octanol–water partition coefficient (Wildman–Crippen LogP) is 4.70. The van der Waals surface area contributed by atoms with Crippen molar-refractivity contribution in [1.82, 2.24) is 4.98 Å². The lowest BCUT2D eigenvalue weighted by molar-refractivity contribution is -0.297. The molecule has 0 fully saturated rings. The van der Waals surface area contributed by atoms with E-state index < -0.39 is 16.8 Å². The molecule has 0 aliphatic carbocycles. The number of carboxylic acid groups (broad SMARTS) is 1. The highest BCUT2D eigenvalue weighted by Crippen LogP contribution is 2.22. The fraction of sp³-hybridized carbons (Fsp3) is 0.310. The molecule has 0 bridgehead atoms. The Kier molecular flexibility index (Phi) is 11.2. The Morgan fingerprint density at radius 2 is 1.69 bits per heavy atom. The first kappa shape index (κ1) is 27.1. The van der Waals surface area contributed by atoms with E-state index in [4.69, 9.17) is 10.5 Å². The number of aromatic nitrogens is 1. The number of nitrogens with two attached hydrogens (primary N) is 1. The molecule has 1 heterocycles. The maximum Gasteiger partial charge on any atom is 0.144 e. The smallest absolute Gasteiger partial charge is 0.144 e. The molecule has 1 unspecified atom stereocenters. The lowest BCUT2D eigenvalue weighted by atomic mass is 10.1. The molecule has 0 saturated heterocycles. The molecule has 0 aliphatic rings. The topological polar surface area (TPSA) is 105 Å². The highest BCUT2D eigenvalue weighted by molar-refractivity contribution is 7.84. The number of aliphatic carboxylic acids is 1. The van der Waals surface area contributed by atoms with Gasteiger partial charge in [-0.25, -0.2) is 4.98 Å². The number of nitrogen functional groups attached to an aromatic ring is 1. The molecule has 0 spiro atoms. The summed E-state index contributed by atoms with van der Waals surface area (Å²) in [6.45, 7) is 0.520. The lowest BCUT2D eigenvalue weighted by Crippen LogP contribution is -2.18. The molecular weight excluding hydrogens is 472 g/mol. The summed E-state index contributed by atoms with van der Waals surface area (Å²) in [6, 6.07) is 21.0. The van der Waals surface area contributed by atoms with Gasteiger partial charge < -0.3 is 20.4 Å². The predicted molar refractivity (Wildman–Crippen MR) is 143 cm³/mol. The van der Waals surface area contributed by atoms with Gasteiger partial charge in [0.05, 0.1) is 34.8 Å². The van der Waals surface area contributed by atoms with Crippen LogP contribution in [0.4, 0.5) is 5.69 Å². The van der Waals surface area contributed by atoms with Gasteiger partial charge in [0.2, 0.25) is 0 Å². The fourth-order valence-corrected chi connectivity index (χ4v) is 4.91. The molecule has 2 N–H and O–H groups in total. The highest BCUT2D eigenvalue weighted by atomic mass is 32.2. The van der Waals surface area contributed by atoms with E-state index in [0.717, 1.165) is 31.8 Å². The third-order valence-electron chi connectivity index (χ3n) is 5.68. The summed E-state index contributed by atoms with van der Waals surface area (Å²) in [5, 5.41) is 10.9. The van der Waals surface area contributed by atoms with Crippen molar-refractivity contribution in [2.45, 2.75) is 55.6 Å². The van der Waals surface area contributed by atoms with E-state index in [2.05, 4.69) is 29.2 Å². The number of carbonyl (C=O) groups is 1. The summed E-state index contributed by atoms with van der Waals surface area (Å²) >= 11 is 0. The molecule has 2 aromatic carbocycles. The van der Waals surface area contributed by atoms with E-state index in [9.17, 15) is 14.1 Å². The number of benzene rings is 2. The Labute approximate surface area is 215 Å². The van der Waals surface area contributed by atoms with E-state index in [-0.39, 0.29) is 5.75 Å². The molecule has 0 saturated carbocycles. The summed E-state index contributed by atoms with van der Waals surface area (Å²) in [5.41, 5.74) is 8.67. The Morgan fingerprint density at radius 1 is 0.944 bits per heavy atom. The van der Waals surface area contributed by atoms with Gasteiger partial charge in [-0.3, -0.25) is 4.21 Å². The number of nitrogens with zero attached hydrogens (tertiary/aromatic N) is 1. The van der Waals surface area contributed by atoms with Crippen molar-refractivity contribution in [1.29, 1.82) is 0 Å². The van der Waals surface area contributed by atoms with Crippen LogP contribution in [0.25, 0.3) is 6.08 Å².